The fourth-order valence-electron chi connectivity index (χ4n) is 5.49. The summed E-state index contributed by atoms with van der Waals surface area (Å²) < 4.78 is 34.0. The highest BCUT2D eigenvalue weighted by atomic mass is 31.2. The highest BCUT2D eigenvalue weighted by molar-refractivity contribution is 7.47. The summed E-state index contributed by atoms with van der Waals surface area (Å²) in [5.74, 6) is -1.18. The molecular weight excluding hydrogens is 741 g/mol. The van der Waals surface area contributed by atoms with Crippen LogP contribution in [0.5, 0.6) is 0 Å². The lowest BCUT2D eigenvalue weighted by Crippen LogP contribution is -2.37. The van der Waals surface area contributed by atoms with E-state index in [-0.39, 0.29) is 44.7 Å². The normalized spacial score (nSPS) is 14.1. The Labute approximate surface area is 347 Å². The number of ether oxygens (including phenoxy) is 2. The van der Waals surface area contributed by atoms with E-state index in [9.17, 15) is 23.8 Å². The third-order valence-corrected chi connectivity index (χ3v) is 9.98. The number of ketones is 1. The van der Waals surface area contributed by atoms with Crippen LogP contribution in [0.4, 0.5) is 0 Å². The van der Waals surface area contributed by atoms with Gasteiger partial charge in [0.1, 0.15) is 19.8 Å². The zero-order valence-corrected chi connectivity index (χ0v) is 37.4. The highest BCUT2D eigenvalue weighted by Crippen LogP contribution is 2.43. The van der Waals surface area contributed by atoms with Gasteiger partial charge in [0.15, 0.2) is 11.9 Å². The molecule has 0 rings (SSSR count). The average molecular weight is 823 g/mol. The Bertz CT molecular complexity index is 1220. The van der Waals surface area contributed by atoms with Crippen molar-refractivity contribution in [3.05, 3.63) is 60.8 Å². The number of phosphoric acid groups is 1. The minimum atomic E-state index is -4.44. The largest absolute Gasteiger partial charge is 0.472 e. The van der Waals surface area contributed by atoms with Gasteiger partial charge in [-0.05, 0) is 70.3 Å². The zero-order valence-electron chi connectivity index (χ0n) is 36.6. The summed E-state index contributed by atoms with van der Waals surface area (Å²) in [6.45, 7) is 4.08. The van der Waals surface area contributed by atoms with Crippen molar-refractivity contribution in [2.45, 2.75) is 168 Å². The molecule has 0 saturated heterocycles. The molecule has 1 N–H and O–H groups in total. The second-order valence-electron chi connectivity index (χ2n) is 15.8. The second kappa shape index (κ2) is 37.6. The number of allylic oxidation sites excluding steroid dienone is 10. The standard InChI is InChI=1S/C46H80NO9P/c1-6-8-10-12-14-16-18-20-21-23-25-27-29-31-33-37-45(49)53-41-44(42-55-57(51,52)54-40-39-47(3,4)5)56-46(50)38-34-36-43(48)35-32-30-28-26-24-22-19-17-15-13-11-9-7-2/h15,17,20-22,24,28,30,32,35,44H,6-14,16,18-19,23,25-27,29,31,33-34,36-42H2,1-5H3/p+1/b17-15-,21-20-,24-22-,30-28-,35-32+/t44-/m1/s1. The number of hydrogen-bond acceptors (Lipinski definition) is 8. The van der Waals surface area contributed by atoms with Crippen molar-refractivity contribution >= 4 is 25.5 Å². The molecule has 0 aliphatic rings. The van der Waals surface area contributed by atoms with Gasteiger partial charge in [0.2, 0.25) is 0 Å². The Morgan fingerprint density at radius 2 is 1.12 bits per heavy atom. The summed E-state index contributed by atoms with van der Waals surface area (Å²) in [4.78, 5) is 47.6. The lowest BCUT2D eigenvalue weighted by Gasteiger charge is -2.24. The number of rotatable bonds is 39. The van der Waals surface area contributed by atoms with E-state index >= 15 is 0 Å². The van der Waals surface area contributed by atoms with Crippen molar-refractivity contribution in [2.24, 2.45) is 0 Å². The molecule has 0 aliphatic carbocycles. The maximum Gasteiger partial charge on any atom is 0.472 e. The van der Waals surface area contributed by atoms with E-state index in [4.69, 9.17) is 18.5 Å². The van der Waals surface area contributed by atoms with E-state index in [0.29, 0.717) is 17.4 Å². The first-order valence-corrected chi connectivity index (χ1v) is 23.5. The molecule has 57 heavy (non-hydrogen) atoms. The maximum atomic E-state index is 12.7. The van der Waals surface area contributed by atoms with Crippen LogP contribution in [0.25, 0.3) is 0 Å². The van der Waals surface area contributed by atoms with E-state index in [1.807, 2.05) is 33.3 Å². The van der Waals surface area contributed by atoms with Gasteiger partial charge in [-0.3, -0.25) is 23.4 Å². The monoisotopic (exact) mass is 823 g/mol. The van der Waals surface area contributed by atoms with Crippen LogP contribution in [0.15, 0.2) is 60.8 Å². The van der Waals surface area contributed by atoms with Gasteiger partial charge < -0.3 is 18.9 Å². The molecule has 10 nitrogen and oxygen atoms in total. The van der Waals surface area contributed by atoms with Gasteiger partial charge in [-0.1, -0.05) is 133 Å². The topological polar surface area (TPSA) is 125 Å². The van der Waals surface area contributed by atoms with Crippen LogP contribution in [0.2, 0.25) is 0 Å². The van der Waals surface area contributed by atoms with Crippen LogP contribution in [-0.4, -0.2) is 80.7 Å². The van der Waals surface area contributed by atoms with Crippen molar-refractivity contribution in [1.82, 2.24) is 0 Å². The Morgan fingerprint density at radius 3 is 1.77 bits per heavy atom. The molecule has 0 aromatic rings. The van der Waals surface area contributed by atoms with Crippen LogP contribution in [0.3, 0.4) is 0 Å². The van der Waals surface area contributed by atoms with E-state index in [1.54, 1.807) is 6.08 Å². The van der Waals surface area contributed by atoms with Gasteiger partial charge in [0.25, 0.3) is 0 Å². The summed E-state index contributed by atoms with van der Waals surface area (Å²) in [5, 5.41) is 0. The summed E-state index contributed by atoms with van der Waals surface area (Å²) >= 11 is 0. The Balaban J connectivity index is 4.59. The lowest BCUT2D eigenvalue weighted by molar-refractivity contribution is -0.870. The molecule has 2 atom stereocenters. The fraction of sp³-hybridized carbons (Fsp3) is 0.717. The van der Waals surface area contributed by atoms with Crippen LogP contribution >= 0.6 is 7.82 Å². The maximum absolute atomic E-state index is 12.7. The molecule has 0 heterocycles. The van der Waals surface area contributed by atoms with Crippen LogP contribution < -0.4 is 0 Å². The molecular formula is C46H81NO9P+. The number of phosphoric ester groups is 1. The minimum Gasteiger partial charge on any atom is -0.462 e. The fourth-order valence-corrected chi connectivity index (χ4v) is 6.23. The van der Waals surface area contributed by atoms with Crippen LogP contribution in [0, 0.1) is 0 Å². The molecule has 0 bridgehead atoms. The summed E-state index contributed by atoms with van der Waals surface area (Å²) in [7, 11) is 1.32. The van der Waals surface area contributed by atoms with Crippen molar-refractivity contribution < 1.29 is 46.8 Å². The van der Waals surface area contributed by atoms with Crippen molar-refractivity contribution in [3.8, 4) is 0 Å². The highest BCUT2D eigenvalue weighted by Gasteiger charge is 2.27. The quantitative estimate of drug-likeness (QED) is 0.0123. The van der Waals surface area contributed by atoms with Gasteiger partial charge in [0, 0.05) is 19.3 Å². The molecule has 1 unspecified atom stereocenters. The van der Waals surface area contributed by atoms with Crippen LogP contribution in [0.1, 0.15) is 162 Å². The Kier molecular flexibility index (Phi) is 35.9. The van der Waals surface area contributed by atoms with Gasteiger partial charge >= 0.3 is 19.8 Å². The number of likely N-dealkylation sites (N-methyl/N-ethyl adjacent to an activating group) is 1. The third kappa shape index (κ3) is 41.3. The number of carbonyl (C=O) groups excluding carboxylic acids is 3. The molecule has 0 spiro atoms. The molecule has 0 aromatic heterocycles. The zero-order chi connectivity index (χ0) is 42.3. The van der Waals surface area contributed by atoms with Gasteiger partial charge in [0.05, 0.1) is 27.7 Å². The second-order valence-corrected chi connectivity index (χ2v) is 17.2. The first-order chi connectivity index (χ1) is 27.4. The predicted molar refractivity (Wildman–Crippen MR) is 234 cm³/mol. The molecule has 11 heteroatoms. The number of nitrogens with zero attached hydrogens (tertiary/aromatic N) is 1. The molecule has 0 aliphatic heterocycles. The van der Waals surface area contributed by atoms with E-state index < -0.39 is 32.5 Å². The molecule has 0 saturated carbocycles. The van der Waals surface area contributed by atoms with Gasteiger partial charge in [-0.25, -0.2) is 4.57 Å². The Hall–Kier alpha value is -2.62. The number of carbonyl (C=O) groups is 3. The van der Waals surface area contributed by atoms with Crippen molar-refractivity contribution in [3.63, 3.8) is 0 Å². The summed E-state index contributed by atoms with van der Waals surface area (Å²) in [6, 6.07) is 0. The van der Waals surface area contributed by atoms with Crippen molar-refractivity contribution in [1.29, 1.82) is 0 Å². The molecule has 0 fully saturated rings. The molecule has 0 aromatic carbocycles. The number of unbranched alkanes of at least 4 members (excludes halogenated alkanes) is 14. The molecule has 0 radical (unpaired) electrons. The molecule has 0 amide bonds. The lowest BCUT2D eigenvalue weighted by atomic mass is 10.1. The average Bonchev–Trinajstić information content (AvgIpc) is 3.15. The first-order valence-electron chi connectivity index (χ1n) is 22.0. The van der Waals surface area contributed by atoms with Crippen LogP contribution in [-0.2, 0) is 37.5 Å². The molecule has 328 valence electrons. The van der Waals surface area contributed by atoms with Gasteiger partial charge in [-0.15, -0.1) is 0 Å². The first kappa shape index (κ1) is 54.4. The summed E-state index contributed by atoms with van der Waals surface area (Å²) in [6.07, 6.45) is 41.3. The third-order valence-electron chi connectivity index (χ3n) is 9.00. The van der Waals surface area contributed by atoms with E-state index in [1.165, 1.54) is 70.3 Å². The van der Waals surface area contributed by atoms with E-state index in [0.717, 1.165) is 51.4 Å². The van der Waals surface area contributed by atoms with Crippen molar-refractivity contribution in [2.75, 3.05) is 47.5 Å². The number of hydrogen-bond donors (Lipinski definition) is 1. The Morgan fingerprint density at radius 1 is 0.596 bits per heavy atom. The number of quaternary nitrogens is 1. The SMILES string of the molecule is CCCCC/C=C\C/C=C\C/C=C\C=C\C(=O)CCCC(=O)O[C@H](COC(=O)CCCCCCC/C=C\CCCCCCCC)COP(=O)(O)OCC[N+](C)(C)C. The van der Waals surface area contributed by atoms with Gasteiger partial charge in [-0.2, -0.15) is 0 Å². The smallest absolute Gasteiger partial charge is 0.462 e. The predicted octanol–water partition coefficient (Wildman–Crippen LogP) is 11.6. The number of esters is 2. The summed E-state index contributed by atoms with van der Waals surface area (Å²) in [5.41, 5.74) is 0. The minimum absolute atomic E-state index is 0.0148. The van der Waals surface area contributed by atoms with E-state index in [2.05, 4.69) is 50.3 Å².